The zero-order valence-corrected chi connectivity index (χ0v) is 11.3. The molecule has 92 valence electrons. The zero-order valence-electron chi connectivity index (χ0n) is 11.3. The minimum Gasteiger partial charge on any atom is -0.306 e. The second-order valence-electron chi connectivity index (χ2n) is 4.63. The molecule has 0 N–H and O–H groups in total. The number of allylic oxidation sites excluding steroid dienone is 1. The van der Waals surface area contributed by atoms with Gasteiger partial charge in [0, 0.05) is 6.54 Å². The summed E-state index contributed by atoms with van der Waals surface area (Å²) in [4.78, 5) is 2.38. The van der Waals surface area contributed by atoms with Crippen LogP contribution in [0.25, 0.3) is 0 Å². The van der Waals surface area contributed by atoms with Gasteiger partial charge in [0.05, 0.1) is 11.5 Å². The summed E-state index contributed by atoms with van der Waals surface area (Å²) in [6.07, 6.45) is 5.18. The van der Waals surface area contributed by atoms with Crippen molar-refractivity contribution in [1.29, 1.82) is 5.26 Å². The van der Waals surface area contributed by atoms with Gasteiger partial charge in [0.1, 0.15) is 0 Å². The quantitative estimate of drug-likeness (QED) is 0.635. The van der Waals surface area contributed by atoms with Crippen LogP contribution in [-0.2, 0) is 0 Å². The van der Waals surface area contributed by atoms with Gasteiger partial charge < -0.3 is 4.90 Å². The molecule has 1 atom stereocenters. The van der Waals surface area contributed by atoms with Crippen molar-refractivity contribution in [2.75, 3.05) is 20.1 Å². The second-order valence-corrected chi connectivity index (χ2v) is 4.63. The molecule has 2 rings (SSSR count). The van der Waals surface area contributed by atoms with E-state index >= 15 is 0 Å². The standard InChI is InChI=1S/C6H13N.C6H7N.C2H6/c1-6-3-4-7(2)5-6;1-2-6(5-7)3-4-6;1-2/h6H,3-5H2,1-2H3;2H,1,3-4H2;1-2H3. The normalized spacial score (nSPS) is 25.3. The molecule has 0 aromatic carbocycles. The van der Waals surface area contributed by atoms with Crippen LogP contribution in [0.5, 0.6) is 0 Å². The van der Waals surface area contributed by atoms with Crippen molar-refractivity contribution < 1.29 is 0 Å². The maximum atomic E-state index is 8.34. The number of hydrogen-bond donors (Lipinski definition) is 0. The molecular weight excluding hydrogens is 196 g/mol. The molecule has 1 heterocycles. The number of likely N-dealkylation sites (tertiary alicyclic amines) is 1. The lowest BCUT2D eigenvalue weighted by atomic mass is 10.1. The van der Waals surface area contributed by atoms with Crippen molar-refractivity contribution in [1.82, 2.24) is 4.90 Å². The first-order valence-electron chi connectivity index (χ1n) is 6.35. The van der Waals surface area contributed by atoms with E-state index < -0.39 is 0 Å². The van der Waals surface area contributed by atoms with Gasteiger partial charge in [-0.3, -0.25) is 0 Å². The Morgan fingerprint density at radius 3 is 2.06 bits per heavy atom. The number of nitriles is 1. The highest BCUT2D eigenvalue weighted by Crippen LogP contribution is 2.45. The molecular formula is C14H26N2. The SMILES string of the molecule is C=CC1(C#N)CC1.CC.CC1CCN(C)C1. The minimum absolute atomic E-state index is 0.0972. The molecule has 0 aromatic heterocycles. The molecule has 1 saturated heterocycles. The fourth-order valence-electron chi connectivity index (χ4n) is 1.65. The number of hydrogen-bond acceptors (Lipinski definition) is 2. The predicted octanol–water partition coefficient (Wildman–Crippen LogP) is 3.46. The Hall–Kier alpha value is -0.810. The number of nitrogens with zero attached hydrogens (tertiary/aromatic N) is 2. The second kappa shape index (κ2) is 7.46. The predicted molar refractivity (Wildman–Crippen MR) is 70.1 cm³/mol. The van der Waals surface area contributed by atoms with Crippen molar-refractivity contribution in [3.63, 3.8) is 0 Å². The smallest absolute Gasteiger partial charge is 0.0752 e. The van der Waals surface area contributed by atoms with Crippen molar-refractivity contribution in [2.24, 2.45) is 11.3 Å². The van der Waals surface area contributed by atoms with E-state index in [1.54, 1.807) is 6.08 Å². The molecule has 0 spiro atoms. The average molecular weight is 222 g/mol. The van der Waals surface area contributed by atoms with Gasteiger partial charge in [0.2, 0.25) is 0 Å². The van der Waals surface area contributed by atoms with Gasteiger partial charge in [-0.1, -0.05) is 26.8 Å². The lowest BCUT2D eigenvalue weighted by molar-refractivity contribution is 0.402. The largest absolute Gasteiger partial charge is 0.306 e. The van der Waals surface area contributed by atoms with Crippen molar-refractivity contribution >= 4 is 0 Å². The van der Waals surface area contributed by atoms with Crippen LogP contribution in [0.4, 0.5) is 0 Å². The summed E-state index contributed by atoms with van der Waals surface area (Å²) in [6.45, 7) is 12.5. The Bertz CT molecular complexity index is 228. The Labute approximate surface area is 101 Å². The molecule has 2 aliphatic rings. The van der Waals surface area contributed by atoms with Crippen LogP contribution in [0.3, 0.4) is 0 Å². The molecule has 1 aliphatic heterocycles. The van der Waals surface area contributed by atoms with Crippen molar-refractivity contribution in [2.45, 2.75) is 40.0 Å². The van der Waals surface area contributed by atoms with Gasteiger partial charge in [0.25, 0.3) is 0 Å². The lowest BCUT2D eigenvalue weighted by Crippen LogP contribution is -2.12. The average Bonchev–Trinajstić information content (AvgIpc) is 3.02. The van der Waals surface area contributed by atoms with Crippen molar-refractivity contribution in [3.05, 3.63) is 12.7 Å². The van der Waals surface area contributed by atoms with E-state index in [1.165, 1.54) is 19.5 Å². The third kappa shape index (κ3) is 5.32. The van der Waals surface area contributed by atoms with E-state index in [0.29, 0.717) is 0 Å². The monoisotopic (exact) mass is 222 g/mol. The topological polar surface area (TPSA) is 27.0 Å². The van der Waals surface area contributed by atoms with Gasteiger partial charge in [-0.25, -0.2) is 0 Å². The molecule has 1 unspecified atom stereocenters. The van der Waals surface area contributed by atoms with E-state index in [0.717, 1.165) is 18.8 Å². The summed E-state index contributed by atoms with van der Waals surface area (Å²) in [7, 11) is 2.18. The van der Waals surface area contributed by atoms with Crippen LogP contribution in [-0.4, -0.2) is 25.0 Å². The molecule has 2 heteroatoms. The summed E-state index contributed by atoms with van der Waals surface area (Å²) < 4.78 is 0. The summed E-state index contributed by atoms with van der Waals surface area (Å²) in [6, 6.07) is 2.18. The fraction of sp³-hybridized carbons (Fsp3) is 0.786. The van der Waals surface area contributed by atoms with Gasteiger partial charge in [0.15, 0.2) is 0 Å². The summed E-state index contributed by atoms with van der Waals surface area (Å²) in [5.41, 5.74) is -0.0972. The molecule has 2 fully saturated rings. The summed E-state index contributed by atoms with van der Waals surface area (Å²) >= 11 is 0. The zero-order chi connectivity index (χ0) is 12.6. The maximum absolute atomic E-state index is 8.34. The maximum Gasteiger partial charge on any atom is 0.0752 e. The van der Waals surface area contributed by atoms with E-state index in [9.17, 15) is 0 Å². The van der Waals surface area contributed by atoms with Crippen LogP contribution >= 0.6 is 0 Å². The fourth-order valence-corrected chi connectivity index (χ4v) is 1.65. The Kier molecular flexibility index (Phi) is 7.08. The Morgan fingerprint density at radius 2 is 2.00 bits per heavy atom. The van der Waals surface area contributed by atoms with Crippen LogP contribution in [0.15, 0.2) is 12.7 Å². The molecule has 0 aromatic rings. The van der Waals surface area contributed by atoms with E-state index in [4.69, 9.17) is 5.26 Å². The van der Waals surface area contributed by atoms with Gasteiger partial charge in [-0.15, -0.1) is 6.58 Å². The molecule has 0 bridgehead atoms. The van der Waals surface area contributed by atoms with Crippen molar-refractivity contribution in [3.8, 4) is 6.07 Å². The molecule has 1 aliphatic carbocycles. The first kappa shape index (κ1) is 15.2. The summed E-state index contributed by atoms with van der Waals surface area (Å²) in [5, 5.41) is 8.34. The highest BCUT2D eigenvalue weighted by atomic mass is 15.1. The van der Waals surface area contributed by atoms with E-state index in [2.05, 4.69) is 31.5 Å². The van der Waals surface area contributed by atoms with Crippen LogP contribution in [0.1, 0.15) is 40.0 Å². The Balaban J connectivity index is 0.000000244. The third-order valence-electron chi connectivity index (χ3n) is 3.03. The van der Waals surface area contributed by atoms with Gasteiger partial charge >= 0.3 is 0 Å². The molecule has 0 amide bonds. The van der Waals surface area contributed by atoms with E-state index in [1.807, 2.05) is 13.8 Å². The summed E-state index contributed by atoms with van der Waals surface area (Å²) in [5.74, 6) is 0.949. The highest BCUT2D eigenvalue weighted by Gasteiger charge is 2.39. The lowest BCUT2D eigenvalue weighted by Gasteiger charge is -2.03. The Morgan fingerprint density at radius 1 is 1.44 bits per heavy atom. The number of rotatable bonds is 1. The van der Waals surface area contributed by atoms with Gasteiger partial charge in [-0.2, -0.15) is 5.26 Å². The minimum atomic E-state index is -0.0972. The molecule has 16 heavy (non-hydrogen) atoms. The molecule has 2 nitrogen and oxygen atoms in total. The van der Waals surface area contributed by atoms with Crippen LogP contribution in [0.2, 0.25) is 0 Å². The molecule has 0 radical (unpaired) electrons. The first-order chi connectivity index (χ1) is 7.62. The van der Waals surface area contributed by atoms with Crippen LogP contribution in [0, 0.1) is 22.7 Å². The first-order valence-corrected chi connectivity index (χ1v) is 6.35. The highest BCUT2D eigenvalue weighted by molar-refractivity contribution is 5.19. The van der Waals surface area contributed by atoms with Gasteiger partial charge in [-0.05, 0) is 38.8 Å². The third-order valence-corrected chi connectivity index (χ3v) is 3.03. The van der Waals surface area contributed by atoms with Crippen LogP contribution < -0.4 is 0 Å². The molecule has 1 saturated carbocycles. The van der Waals surface area contributed by atoms with E-state index in [-0.39, 0.29) is 5.41 Å².